The molecule has 1 rings (SSSR count). The van der Waals surface area contributed by atoms with Gasteiger partial charge in [-0.1, -0.05) is 6.92 Å². The molecular weight excluding hydrogens is 266 g/mol. The number of hydrogen-bond donors (Lipinski definition) is 3. The van der Waals surface area contributed by atoms with Crippen molar-refractivity contribution in [2.24, 2.45) is 0 Å². The van der Waals surface area contributed by atoms with Crippen LogP contribution in [0.5, 0.6) is 0 Å². The number of aromatic carboxylic acids is 1. The van der Waals surface area contributed by atoms with Gasteiger partial charge in [-0.05, 0) is 19.8 Å². The van der Waals surface area contributed by atoms with Gasteiger partial charge < -0.3 is 15.5 Å². The average molecular weight is 283 g/mol. The first kappa shape index (κ1) is 15.8. The lowest BCUT2D eigenvalue weighted by atomic mass is 9.94. The molecule has 1 aromatic rings. The summed E-state index contributed by atoms with van der Waals surface area (Å²) in [7, 11) is 0. The second-order valence-electron chi connectivity index (χ2n) is 4.66. The minimum absolute atomic E-state index is 0.0564. The Morgan fingerprint density at radius 1 is 1.60 bits per heavy atom. The first-order chi connectivity index (χ1) is 9.33. The second kappa shape index (κ2) is 6.29. The number of nitro groups is 1. The smallest absolute Gasteiger partial charge is 0.339 e. The maximum absolute atomic E-state index is 11.2. The molecule has 0 fully saturated rings. The Balaban J connectivity index is 3.17. The summed E-state index contributed by atoms with van der Waals surface area (Å²) in [4.78, 5) is 24.9. The van der Waals surface area contributed by atoms with Gasteiger partial charge >= 0.3 is 5.97 Å². The molecule has 0 bridgehead atoms. The van der Waals surface area contributed by atoms with E-state index in [1.165, 1.54) is 0 Å². The van der Waals surface area contributed by atoms with E-state index in [0.717, 1.165) is 12.3 Å². The topological polar surface area (TPSA) is 126 Å². The highest BCUT2D eigenvalue weighted by Crippen LogP contribution is 2.25. The van der Waals surface area contributed by atoms with Crippen LogP contribution in [0.25, 0.3) is 0 Å². The molecule has 0 aliphatic carbocycles. The summed E-state index contributed by atoms with van der Waals surface area (Å²) in [5.41, 5.74) is -1.19. The van der Waals surface area contributed by atoms with E-state index >= 15 is 0 Å². The van der Waals surface area contributed by atoms with E-state index in [-0.39, 0.29) is 23.7 Å². The van der Waals surface area contributed by atoms with E-state index in [0.29, 0.717) is 12.8 Å². The van der Waals surface area contributed by atoms with Crippen LogP contribution in [0.4, 0.5) is 11.5 Å². The fourth-order valence-electron chi connectivity index (χ4n) is 1.68. The van der Waals surface area contributed by atoms with Crippen molar-refractivity contribution in [2.45, 2.75) is 32.2 Å². The highest BCUT2D eigenvalue weighted by atomic mass is 16.6. The van der Waals surface area contributed by atoms with Crippen molar-refractivity contribution in [3.63, 3.8) is 0 Å². The highest BCUT2D eigenvalue weighted by molar-refractivity contribution is 5.93. The molecule has 110 valence electrons. The largest absolute Gasteiger partial charge is 0.478 e. The molecule has 0 amide bonds. The summed E-state index contributed by atoms with van der Waals surface area (Å²) in [6.45, 7) is 3.64. The number of carboxylic acids is 1. The van der Waals surface area contributed by atoms with Crippen molar-refractivity contribution < 1.29 is 19.9 Å². The van der Waals surface area contributed by atoms with Gasteiger partial charge in [0.05, 0.1) is 4.92 Å². The van der Waals surface area contributed by atoms with Crippen molar-refractivity contribution in [1.82, 2.24) is 4.98 Å². The van der Waals surface area contributed by atoms with Crippen LogP contribution in [0.2, 0.25) is 0 Å². The number of pyridine rings is 1. The van der Waals surface area contributed by atoms with Gasteiger partial charge in [0.15, 0.2) is 0 Å². The fraction of sp³-hybridized carbons (Fsp3) is 0.500. The van der Waals surface area contributed by atoms with E-state index in [4.69, 9.17) is 10.2 Å². The van der Waals surface area contributed by atoms with Crippen LogP contribution in [-0.4, -0.2) is 38.2 Å². The number of aliphatic hydroxyl groups is 1. The lowest BCUT2D eigenvalue weighted by molar-refractivity contribution is -0.385. The minimum Gasteiger partial charge on any atom is -0.478 e. The second-order valence-corrected chi connectivity index (χ2v) is 4.66. The molecule has 1 heterocycles. The Morgan fingerprint density at radius 2 is 2.25 bits per heavy atom. The quantitative estimate of drug-likeness (QED) is 0.513. The molecule has 20 heavy (non-hydrogen) atoms. The van der Waals surface area contributed by atoms with Crippen molar-refractivity contribution in [2.75, 3.05) is 11.9 Å². The van der Waals surface area contributed by atoms with E-state index in [1.807, 2.05) is 13.8 Å². The summed E-state index contributed by atoms with van der Waals surface area (Å²) in [5.74, 6) is -1.24. The fourth-order valence-corrected chi connectivity index (χ4v) is 1.68. The number of nitrogens with one attached hydrogen (secondary N) is 1. The first-order valence-corrected chi connectivity index (χ1v) is 6.09. The van der Waals surface area contributed by atoms with Crippen LogP contribution >= 0.6 is 0 Å². The Bertz CT molecular complexity index is 520. The average Bonchev–Trinajstić information content (AvgIpc) is 2.38. The summed E-state index contributed by atoms with van der Waals surface area (Å²) >= 11 is 0. The van der Waals surface area contributed by atoms with Gasteiger partial charge in [-0.25, -0.2) is 9.78 Å². The minimum atomic E-state index is -1.30. The van der Waals surface area contributed by atoms with Crippen molar-refractivity contribution in [3.8, 4) is 0 Å². The van der Waals surface area contributed by atoms with Crippen LogP contribution in [0, 0.1) is 10.1 Å². The third kappa shape index (κ3) is 3.64. The molecule has 0 radical (unpaired) electrons. The number of nitrogens with zero attached hydrogens (tertiary/aromatic N) is 2. The number of hydrogen-bond acceptors (Lipinski definition) is 6. The third-order valence-electron chi connectivity index (χ3n) is 3.18. The number of rotatable bonds is 7. The molecule has 0 aliphatic rings. The molecule has 1 atom stereocenters. The van der Waals surface area contributed by atoms with Crippen molar-refractivity contribution >= 4 is 17.5 Å². The number of carbonyl (C=O) groups is 1. The van der Waals surface area contributed by atoms with Gasteiger partial charge in [0.2, 0.25) is 0 Å². The molecule has 0 saturated heterocycles. The molecular formula is C12H17N3O5. The number of anilines is 1. The Labute approximate surface area is 115 Å². The predicted molar refractivity (Wildman–Crippen MR) is 71.9 cm³/mol. The SMILES string of the molecule is CCC(C)(CCO)Nc1ncc([N+](=O)[O-])cc1C(=O)O. The molecule has 3 N–H and O–H groups in total. The summed E-state index contributed by atoms with van der Waals surface area (Å²) in [6.07, 6.45) is 2.04. The molecule has 0 spiro atoms. The number of aromatic nitrogens is 1. The van der Waals surface area contributed by atoms with Crippen molar-refractivity contribution in [1.29, 1.82) is 0 Å². The first-order valence-electron chi connectivity index (χ1n) is 6.09. The van der Waals surface area contributed by atoms with Gasteiger partial charge in [-0.15, -0.1) is 0 Å². The molecule has 8 heteroatoms. The van der Waals surface area contributed by atoms with Gasteiger partial charge in [-0.3, -0.25) is 10.1 Å². The molecule has 1 unspecified atom stereocenters. The van der Waals surface area contributed by atoms with E-state index in [9.17, 15) is 14.9 Å². The predicted octanol–water partition coefficient (Wildman–Crippen LogP) is 1.65. The van der Waals surface area contributed by atoms with E-state index < -0.39 is 16.4 Å². The molecule has 0 saturated carbocycles. The zero-order valence-electron chi connectivity index (χ0n) is 11.3. The maximum atomic E-state index is 11.2. The molecule has 1 aromatic heterocycles. The normalized spacial score (nSPS) is 13.6. The summed E-state index contributed by atoms with van der Waals surface area (Å²) in [6, 6.07) is 0.965. The van der Waals surface area contributed by atoms with Gasteiger partial charge in [-0.2, -0.15) is 0 Å². The number of aliphatic hydroxyl groups excluding tert-OH is 1. The van der Waals surface area contributed by atoms with Gasteiger partial charge in [0.25, 0.3) is 5.69 Å². The van der Waals surface area contributed by atoms with Crippen LogP contribution < -0.4 is 5.32 Å². The zero-order valence-corrected chi connectivity index (χ0v) is 11.3. The maximum Gasteiger partial charge on any atom is 0.339 e. The Kier molecular flexibility index (Phi) is 4.98. The van der Waals surface area contributed by atoms with Gasteiger partial charge in [0.1, 0.15) is 17.6 Å². The molecule has 0 aromatic carbocycles. The van der Waals surface area contributed by atoms with Crippen LogP contribution in [0.15, 0.2) is 12.3 Å². The Hall–Kier alpha value is -2.22. The van der Waals surface area contributed by atoms with Crippen LogP contribution in [0.3, 0.4) is 0 Å². The Morgan fingerprint density at radius 3 is 2.70 bits per heavy atom. The van der Waals surface area contributed by atoms with Crippen molar-refractivity contribution in [3.05, 3.63) is 27.9 Å². The third-order valence-corrected chi connectivity index (χ3v) is 3.18. The van der Waals surface area contributed by atoms with E-state index in [1.54, 1.807) is 0 Å². The van der Waals surface area contributed by atoms with E-state index in [2.05, 4.69) is 10.3 Å². The van der Waals surface area contributed by atoms with Gasteiger partial charge in [0, 0.05) is 18.2 Å². The summed E-state index contributed by atoms with van der Waals surface area (Å²) in [5, 5.41) is 31.8. The summed E-state index contributed by atoms with van der Waals surface area (Å²) < 4.78 is 0. The number of carboxylic acid groups (broad SMARTS) is 1. The highest BCUT2D eigenvalue weighted by Gasteiger charge is 2.25. The van der Waals surface area contributed by atoms with Crippen LogP contribution in [-0.2, 0) is 0 Å². The standard InChI is InChI=1S/C12H17N3O5/c1-3-12(2,4-5-16)14-10-9(11(17)18)6-8(7-13-10)15(19)20/h6-7,16H,3-5H2,1-2H3,(H,13,14)(H,17,18). The monoisotopic (exact) mass is 283 g/mol. The lowest BCUT2D eigenvalue weighted by Crippen LogP contribution is -2.36. The lowest BCUT2D eigenvalue weighted by Gasteiger charge is -2.30. The molecule has 0 aliphatic heterocycles. The zero-order chi connectivity index (χ0) is 15.3. The van der Waals surface area contributed by atoms with Crippen LogP contribution in [0.1, 0.15) is 37.0 Å². The molecule has 8 nitrogen and oxygen atoms in total.